The highest BCUT2D eigenvalue weighted by Crippen LogP contribution is 2.33. The summed E-state index contributed by atoms with van der Waals surface area (Å²) in [6.45, 7) is 8.28. The Hall–Kier alpha value is -7.65. The molecule has 12 amide bonds. The van der Waals surface area contributed by atoms with Crippen LogP contribution < -0.4 is 58.9 Å². The maximum Gasteiger partial charge on any atom is 0.322 e. The third-order valence-corrected chi connectivity index (χ3v) is 19.1. The number of ether oxygens (including phenoxy) is 6. The summed E-state index contributed by atoms with van der Waals surface area (Å²) in [6, 6.07) is -21.4. The van der Waals surface area contributed by atoms with Gasteiger partial charge in [0.15, 0.2) is 18.9 Å². The van der Waals surface area contributed by atoms with Crippen molar-refractivity contribution in [2.24, 2.45) is 11.7 Å². The van der Waals surface area contributed by atoms with Gasteiger partial charge < -0.3 is 164 Å². The fourth-order valence-corrected chi connectivity index (χ4v) is 13.1. The number of carboxylic acids is 1. The van der Waals surface area contributed by atoms with Crippen LogP contribution in [0.2, 0.25) is 0 Å². The first-order chi connectivity index (χ1) is 51.4. The number of carbonyl (C=O) groups excluding carboxylic acids is 12. The van der Waals surface area contributed by atoms with E-state index in [-0.39, 0.29) is 38.8 Å². The molecule has 110 heavy (non-hydrogen) atoms. The molecule has 5 fully saturated rings. The molecule has 5 heterocycles. The fraction of sp³-hybridized carbons (Fsp3) is 0.800. The number of rotatable bonds is 36. The molecule has 5 aliphatic heterocycles. The highest BCUT2D eigenvalue weighted by atomic mass is 16.7. The SMILES string of the molecule is CC(=O)N[C@H]1[C@@H](O[C@H](C)[C@H](NC(=O)[C@@H](NC(=O)[C@@H](N)[C@@H](C)O)[C@@H](C)O)C(=O)N[C@H](C(=O)N[C@H](C(=O)N2CCC[C@H]2C(=O)N[C@H](C(=O)N2CCC[C@H]2C(=O)N[C@H](C(=O)NCC(=O)O)[C@@H](C)O)[C@@H](C)O[C@H]2O[C@H](CO)[C@H](O)[C@H](O[C@@H]3O[C@H](CO)[C@@H](O)[C@H](O)[C@H]3NC(C)=O)[C@H]2NC(C)=O)[C@@H](C)O)C(C)C)O[C@H](CO)[C@H](O)[C@@H]1O. The van der Waals surface area contributed by atoms with Crippen molar-refractivity contribution in [2.45, 2.75) is 285 Å². The number of hydrogen-bond acceptors (Lipinski definition) is 32. The normalized spacial score (nSPS) is 30.5. The number of nitrogens with two attached hydrogens (primary N) is 1. The molecular weight excluding hydrogens is 1470 g/mol. The lowest BCUT2D eigenvalue weighted by Crippen LogP contribution is -2.70. The van der Waals surface area contributed by atoms with Crippen LogP contribution in [0.4, 0.5) is 0 Å². The summed E-state index contributed by atoms with van der Waals surface area (Å²) in [6.07, 6.45) is -32.4. The second-order valence-electron chi connectivity index (χ2n) is 28.2. The van der Waals surface area contributed by atoms with Crippen LogP contribution >= 0.6 is 0 Å². The van der Waals surface area contributed by atoms with E-state index in [9.17, 15) is 114 Å². The molecule has 0 saturated carbocycles. The minimum atomic E-state index is -2.06. The van der Waals surface area contributed by atoms with Gasteiger partial charge >= 0.3 is 5.97 Å². The number of nitrogens with zero attached hydrogens (tertiary/aromatic N) is 2. The Morgan fingerprint density at radius 1 is 0.445 bits per heavy atom. The summed E-state index contributed by atoms with van der Waals surface area (Å²) in [5, 5.41) is 161. The molecule has 45 heteroatoms. The van der Waals surface area contributed by atoms with E-state index in [0.717, 1.165) is 65.2 Å². The Morgan fingerprint density at radius 2 is 0.809 bits per heavy atom. The maximum absolute atomic E-state index is 15.4. The first kappa shape index (κ1) is 93.0. The molecule has 0 aromatic carbocycles. The van der Waals surface area contributed by atoms with Gasteiger partial charge in [-0.25, -0.2) is 0 Å². The average Bonchev–Trinajstić information content (AvgIpc) is 0.876. The fourth-order valence-electron chi connectivity index (χ4n) is 13.1. The van der Waals surface area contributed by atoms with Gasteiger partial charge in [0, 0.05) is 33.9 Å². The number of amides is 12. The van der Waals surface area contributed by atoms with Gasteiger partial charge in [0.25, 0.3) is 0 Å². The van der Waals surface area contributed by atoms with E-state index >= 15 is 14.4 Å². The molecule has 0 spiro atoms. The van der Waals surface area contributed by atoms with Crippen LogP contribution in [-0.2, 0) is 90.8 Å². The zero-order valence-electron chi connectivity index (χ0n) is 62.5. The highest BCUT2D eigenvalue weighted by molar-refractivity contribution is 5.99. The largest absolute Gasteiger partial charge is 0.480 e. The van der Waals surface area contributed by atoms with Gasteiger partial charge in [-0.1, -0.05) is 13.8 Å². The molecule has 0 aromatic rings. The Balaban J connectivity index is 1.52. The van der Waals surface area contributed by atoms with Gasteiger partial charge in [-0.15, -0.1) is 0 Å². The second kappa shape index (κ2) is 41.8. The molecule has 0 bridgehead atoms. The minimum absolute atomic E-state index is 0.0274. The van der Waals surface area contributed by atoms with E-state index in [0.29, 0.717) is 0 Å². The van der Waals surface area contributed by atoms with Crippen LogP contribution in [-0.4, -0.2) is 375 Å². The van der Waals surface area contributed by atoms with Gasteiger partial charge in [0.2, 0.25) is 70.9 Å². The van der Waals surface area contributed by atoms with Crippen molar-refractivity contribution in [2.75, 3.05) is 39.5 Å². The zero-order valence-corrected chi connectivity index (χ0v) is 62.5. The lowest BCUT2D eigenvalue weighted by molar-refractivity contribution is -0.332. The van der Waals surface area contributed by atoms with E-state index in [1.54, 1.807) is 0 Å². The van der Waals surface area contributed by atoms with Gasteiger partial charge in [0.1, 0.15) is 134 Å². The second-order valence-corrected chi connectivity index (χ2v) is 28.2. The predicted octanol–water partition coefficient (Wildman–Crippen LogP) is -13.7. The Morgan fingerprint density at radius 3 is 1.25 bits per heavy atom. The van der Waals surface area contributed by atoms with Crippen LogP contribution in [0.3, 0.4) is 0 Å². The summed E-state index contributed by atoms with van der Waals surface area (Å²) >= 11 is 0. The number of carboxylic acid groups (broad SMARTS) is 1. The van der Waals surface area contributed by atoms with Gasteiger partial charge in [0.05, 0.1) is 56.4 Å². The number of likely N-dealkylation sites (tertiary alicyclic amines) is 2. The number of aliphatic hydroxyl groups is 12. The molecule has 25 N–H and O–H groups in total. The third kappa shape index (κ3) is 24.0. The predicted molar refractivity (Wildman–Crippen MR) is 367 cm³/mol. The van der Waals surface area contributed by atoms with Crippen molar-refractivity contribution < 1.29 is 157 Å². The van der Waals surface area contributed by atoms with Crippen LogP contribution in [0.5, 0.6) is 0 Å². The van der Waals surface area contributed by atoms with Gasteiger partial charge in [-0.3, -0.25) is 62.3 Å². The molecule has 0 aliphatic carbocycles. The summed E-state index contributed by atoms with van der Waals surface area (Å²) < 4.78 is 36.0. The summed E-state index contributed by atoms with van der Waals surface area (Å²) in [5.74, 6) is -15.5. The van der Waals surface area contributed by atoms with Gasteiger partial charge in [-0.05, 0) is 73.1 Å². The van der Waals surface area contributed by atoms with Crippen molar-refractivity contribution >= 4 is 76.9 Å². The zero-order chi connectivity index (χ0) is 82.9. The van der Waals surface area contributed by atoms with E-state index in [1.807, 2.05) is 5.32 Å². The van der Waals surface area contributed by atoms with Crippen molar-refractivity contribution in [3.8, 4) is 0 Å². The first-order valence-electron chi connectivity index (χ1n) is 35.8. The van der Waals surface area contributed by atoms with Crippen molar-refractivity contribution in [3.05, 3.63) is 0 Å². The molecule has 45 nitrogen and oxygen atoms in total. The smallest absolute Gasteiger partial charge is 0.322 e. The molecule has 0 unspecified atom stereocenters. The molecular formula is C65H109N13O32. The number of nitrogens with one attached hydrogen (secondary N) is 10. The molecule has 5 saturated heterocycles. The molecule has 626 valence electrons. The Kier molecular flexibility index (Phi) is 35.3. The Labute approximate surface area is 631 Å². The lowest BCUT2D eigenvalue weighted by Gasteiger charge is -2.48. The summed E-state index contributed by atoms with van der Waals surface area (Å²) in [7, 11) is 0. The monoisotopic (exact) mass is 1580 g/mol. The van der Waals surface area contributed by atoms with Crippen molar-refractivity contribution in [3.63, 3.8) is 0 Å². The average molecular weight is 1580 g/mol. The lowest BCUT2D eigenvalue weighted by atomic mass is 9.94. The van der Waals surface area contributed by atoms with Crippen molar-refractivity contribution in [1.82, 2.24) is 63.0 Å². The summed E-state index contributed by atoms with van der Waals surface area (Å²) in [4.78, 5) is 181. The topological polar surface area (TPSA) is 693 Å². The quantitative estimate of drug-likeness (QED) is 0.0277. The van der Waals surface area contributed by atoms with Gasteiger partial charge in [-0.2, -0.15) is 0 Å². The van der Waals surface area contributed by atoms with E-state index in [1.165, 1.54) is 20.8 Å². The van der Waals surface area contributed by atoms with Crippen LogP contribution in [0, 0.1) is 5.92 Å². The number of aliphatic hydroxyl groups excluding tert-OH is 12. The van der Waals surface area contributed by atoms with Crippen LogP contribution in [0.1, 0.15) is 102 Å². The minimum Gasteiger partial charge on any atom is -0.480 e. The van der Waals surface area contributed by atoms with Crippen LogP contribution in [0.15, 0.2) is 0 Å². The third-order valence-electron chi connectivity index (χ3n) is 19.1. The standard InChI is InChI=1S/C65H109N13O32/c1-22(2)39(71-60(102)43(75-59(101)41(25(5)84)73-56(98)38(66)23(3)82)27(7)105-63-45(68-29(9)86)51(94)48(91)34(19-79)107-63)58(100)74-42(26(6)85)61(103)77-16-12-15-33(77)55(97)76-44(62(104)78-17-13-14-32(78)54(96)72-40(24(4)83)57(99)67-18-37(89)90)28(8)106-65-47(70-31(11)88)53(50(93)36(21-81)109-65)110-64-46(69-30(10)87)52(95)49(92)35(20-80)108-64/h22-28,32-36,38-53,63-65,79-85,91-95H,12-21,66H2,1-11H3,(H,67,99)(H,68,86)(H,69,87)(H,70,88)(H,71,102)(H,72,96)(H,73,98)(H,74,100)(H,75,101)(H,76,97)(H,89,90)/t23-,24-,25-,26-,27-,28-,32+,33+,34-,35-,36-,38+,39+,40+,41+,42+,43+,44+,45-,46-,47-,48+,49-,50+,51-,52-,53-,63+,64+,65+/m1/s1. The maximum atomic E-state index is 15.4. The van der Waals surface area contributed by atoms with Crippen LogP contribution in [0.25, 0.3) is 0 Å². The van der Waals surface area contributed by atoms with E-state index < -0.39 is 292 Å². The molecule has 30 atom stereocenters. The van der Waals surface area contributed by atoms with Crippen molar-refractivity contribution in [1.29, 1.82) is 0 Å². The number of aliphatic carboxylic acids is 1. The molecule has 5 aliphatic rings. The molecule has 0 aromatic heterocycles. The van der Waals surface area contributed by atoms with E-state index in [4.69, 9.17) is 34.2 Å². The van der Waals surface area contributed by atoms with E-state index in [2.05, 4.69) is 47.9 Å². The number of hydrogen-bond donors (Lipinski definition) is 24. The highest BCUT2D eigenvalue weighted by Gasteiger charge is 2.55. The molecule has 0 radical (unpaired) electrons. The summed E-state index contributed by atoms with van der Waals surface area (Å²) in [5.41, 5.74) is 5.78. The first-order valence-corrected chi connectivity index (χ1v) is 35.8. The number of carbonyl (C=O) groups is 13. The molecule has 5 rings (SSSR count). The Bertz CT molecular complexity index is 3200.